The van der Waals surface area contributed by atoms with Crippen molar-refractivity contribution in [1.29, 1.82) is 0 Å². The second kappa shape index (κ2) is 8.77. The molecule has 0 spiro atoms. The molecule has 1 heterocycles. The summed E-state index contributed by atoms with van der Waals surface area (Å²) in [4.78, 5) is 0. The number of hydrogen-bond donors (Lipinski definition) is 1. The van der Waals surface area contributed by atoms with Crippen LogP contribution in [0.3, 0.4) is 0 Å². The second-order valence-corrected chi connectivity index (χ2v) is 5.82. The van der Waals surface area contributed by atoms with Gasteiger partial charge in [-0.3, -0.25) is 0 Å². The number of ether oxygens (including phenoxy) is 5. The molecule has 0 unspecified atom stereocenters. The minimum absolute atomic E-state index is 0.0247. The zero-order chi connectivity index (χ0) is 19.2. The van der Waals surface area contributed by atoms with Crippen molar-refractivity contribution in [1.82, 2.24) is 5.32 Å². The highest BCUT2D eigenvalue weighted by atomic mass is 19.3. The number of methoxy groups -OCH3 is 2. The molecule has 0 fully saturated rings. The summed E-state index contributed by atoms with van der Waals surface area (Å²) in [7, 11) is 3.01. The van der Waals surface area contributed by atoms with Crippen LogP contribution in [0.2, 0.25) is 0 Å². The molecule has 0 aliphatic carbocycles. The highest BCUT2D eigenvalue weighted by molar-refractivity contribution is 5.55. The van der Waals surface area contributed by atoms with Gasteiger partial charge in [0.1, 0.15) is 0 Å². The molecule has 8 heteroatoms. The topological polar surface area (TPSA) is 58.2 Å². The predicted molar refractivity (Wildman–Crippen MR) is 94.2 cm³/mol. The summed E-state index contributed by atoms with van der Waals surface area (Å²) < 4.78 is 50.4. The quantitative estimate of drug-likeness (QED) is 0.672. The summed E-state index contributed by atoms with van der Waals surface area (Å²) >= 11 is 0. The number of nitrogens with one attached hydrogen (secondary N) is 1. The molecule has 27 heavy (non-hydrogen) atoms. The molecule has 3 rings (SSSR count). The Balaban J connectivity index is 1.55. The maximum atomic E-state index is 12.4. The maximum absolute atomic E-state index is 12.4. The van der Waals surface area contributed by atoms with Crippen molar-refractivity contribution in [3.8, 4) is 28.7 Å². The highest BCUT2D eigenvalue weighted by Crippen LogP contribution is 2.41. The van der Waals surface area contributed by atoms with Crippen molar-refractivity contribution in [2.75, 3.05) is 27.6 Å². The molecule has 0 saturated heterocycles. The van der Waals surface area contributed by atoms with Crippen LogP contribution in [0.15, 0.2) is 30.3 Å². The molecule has 0 amide bonds. The van der Waals surface area contributed by atoms with Gasteiger partial charge in [-0.25, -0.2) is 0 Å². The first-order valence-corrected chi connectivity index (χ1v) is 8.39. The van der Waals surface area contributed by atoms with Crippen molar-refractivity contribution in [3.63, 3.8) is 0 Å². The fraction of sp³-hybridized carbons (Fsp3) is 0.368. The lowest BCUT2D eigenvalue weighted by Gasteiger charge is -2.12. The first-order chi connectivity index (χ1) is 13.1. The van der Waals surface area contributed by atoms with E-state index in [2.05, 4.69) is 10.1 Å². The van der Waals surface area contributed by atoms with Gasteiger partial charge in [0, 0.05) is 6.54 Å². The molecule has 0 saturated carbocycles. The maximum Gasteiger partial charge on any atom is 0.387 e. The van der Waals surface area contributed by atoms with E-state index >= 15 is 0 Å². The van der Waals surface area contributed by atoms with Gasteiger partial charge >= 0.3 is 6.61 Å². The van der Waals surface area contributed by atoms with Gasteiger partial charge in [0.2, 0.25) is 12.5 Å². The summed E-state index contributed by atoms with van der Waals surface area (Å²) in [6, 6.07) is 8.74. The van der Waals surface area contributed by atoms with Crippen LogP contribution in [0.4, 0.5) is 8.78 Å². The van der Waals surface area contributed by atoms with E-state index in [1.165, 1.54) is 13.2 Å². The first kappa shape index (κ1) is 19.0. The van der Waals surface area contributed by atoms with Gasteiger partial charge in [0.25, 0.3) is 0 Å². The van der Waals surface area contributed by atoms with Gasteiger partial charge in [-0.05, 0) is 48.4 Å². The Morgan fingerprint density at radius 2 is 1.78 bits per heavy atom. The monoisotopic (exact) mass is 381 g/mol. The minimum atomic E-state index is -2.88. The molecule has 1 aliphatic rings. The summed E-state index contributed by atoms with van der Waals surface area (Å²) in [6.07, 6.45) is 0.701. The van der Waals surface area contributed by atoms with Gasteiger partial charge in [0.05, 0.1) is 14.2 Å². The predicted octanol–water partition coefficient (Wildman–Crippen LogP) is 3.37. The second-order valence-electron chi connectivity index (χ2n) is 5.82. The molecule has 1 aliphatic heterocycles. The van der Waals surface area contributed by atoms with E-state index in [0.717, 1.165) is 11.1 Å². The molecule has 0 aromatic heterocycles. The third-order valence-electron chi connectivity index (χ3n) is 4.08. The van der Waals surface area contributed by atoms with Crippen molar-refractivity contribution in [2.24, 2.45) is 0 Å². The van der Waals surface area contributed by atoms with E-state index in [1.807, 2.05) is 12.1 Å². The van der Waals surface area contributed by atoms with Crippen LogP contribution in [0.25, 0.3) is 0 Å². The molecule has 0 bridgehead atoms. The molecule has 2 aromatic carbocycles. The Bertz CT molecular complexity index is 785. The number of rotatable bonds is 9. The van der Waals surface area contributed by atoms with Crippen LogP contribution < -0.4 is 29.0 Å². The zero-order valence-electron chi connectivity index (χ0n) is 15.1. The van der Waals surface area contributed by atoms with Crippen LogP contribution >= 0.6 is 0 Å². The Morgan fingerprint density at radius 3 is 2.52 bits per heavy atom. The molecular formula is C19H21F2NO5. The Labute approximate surface area is 155 Å². The number of halogens is 2. The van der Waals surface area contributed by atoms with E-state index < -0.39 is 6.61 Å². The van der Waals surface area contributed by atoms with Crippen molar-refractivity contribution in [3.05, 3.63) is 41.5 Å². The van der Waals surface area contributed by atoms with Crippen molar-refractivity contribution >= 4 is 0 Å². The highest BCUT2D eigenvalue weighted by Gasteiger charge is 2.19. The van der Waals surface area contributed by atoms with Crippen LogP contribution in [-0.4, -0.2) is 34.2 Å². The fourth-order valence-electron chi connectivity index (χ4n) is 2.81. The molecule has 6 nitrogen and oxygen atoms in total. The lowest BCUT2D eigenvalue weighted by atomic mass is 10.1. The lowest BCUT2D eigenvalue weighted by molar-refractivity contribution is -0.0512. The normalized spacial score (nSPS) is 12.3. The van der Waals surface area contributed by atoms with Crippen LogP contribution in [0.5, 0.6) is 28.7 Å². The van der Waals surface area contributed by atoms with E-state index in [0.29, 0.717) is 36.8 Å². The number of alkyl halides is 2. The summed E-state index contributed by atoms with van der Waals surface area (Å²) in [5.41, 5.74) is 1.96. The fourth-order valence-corrected chi connectivity index (χ4v) is 2.81. The number of benzene rings is 2. The minimum Gasteiger partial charge on any atom is -0.493 e. The number of fused-ring (bicyclic) bond motifs is 1. The van der Waals surface area contributed by atoms with Crippen LogP contribution in [-0.2, 0) is 13.0 Å². The first-order valence-electron chi connectivity index (χ1n) is 8.39. The molecule has 2 aromatic rings. The van der Waals surface area contributed by atoms with E-state index in [-0.39, 0.29) is 18.3 Å². The molecule has 0 atom stereocenters. The third-order valence-corrected chi connectivity index (χ3v) is 4.08. The zero-order valence-corrected chi connectivity index (χ0v) is 15.1. The smallest absolute Gasteiger partial charge is 0.387 e. The Kier molecular flexibility index (Phi) is 6.18. The molecule has 146 valence electrons. The van der Waals surface area contributed by atoms with Gasteiger partial charge in [-0.1, -0.05) is 6.07 Å². The molecular weight excluding hydrogens is 360 g/mol. The van der Waals surface area contributed by atoms with Crippen LogP contribution in [0, 0.1) is 0 Å². The van der Waals surface area contributed by atoms with Crippen LogP contribution in [0.1, 0.15) is 11.1 Å². The van der Waals surface area contributed by atoms with Crippen molar-refractivity contribution in [2.45, 2.75) is 19.6 Å². The van der Waals surface area contributed by atoms with Gasteiger partial charge in [-0.2, -0.15) is 8.78 Å². The average molecular weight is 381 g/mol. The Morgan fingerprint density at radius 1 is 1.00 bits per heavy atom. The largest absolute Gasteiger partial charge is 0.493 e. The van der Waals surface area contributed by atoms with Crippen molar-refractivity contribution < 1.29 is 32.5 Å². The third kappa shape index (κ3) is 4.71. The molecule has 0 radical (unpaired) electrons. The summed E-state index contributed by atoms with van der Waals surface area (Å²) in [6.45, 7) is -1.38. The summed E-state index contributed by atoms with van der Waals surface area (Å²) in [5.74, 6) is 2.25. The summed E-state index contributed by atoms with van der Waals surface area (Å²) in [5, 5.41) is 3.33. The standard InChI is InChI=1S/C19H21F2NO5/c1-23-15-7-12(3-4-14(15)27-19(20)21)5-6-22-10-13-8-16(24-2)18-17(9-13)25-11-26-18/h3-4,7-9,19,22H,5-6,10-11H2,1-2H3. The van der Waals surface area contributed by atoms with Gasteiger partial charge in [-0.15, -0.1) is 0 Å². The van der Waals surface area contributed by atoms with E-state index in [1.54, 1.807) is 19.2 Å². The SMILES string of the molecule is COc1cc(CCNCc2cc(OC)c3c(c2)OCO3)ccc1OC(F)F. The van der Waals surface area contributed by atoms with E-state index in [9.17, 15) is 8.78 Å². The Hall–Kier alpha value is -2.74. The van der Waals surface area contributed by atoms with Gasteiger partial charge < -0.3 is 29.0 Å². The molecule has 1 N–H and O–H groups in total. The van der Waals surface area contributed by atoms with E-state index in [4.69, 9.17) is 18.9 Å². The lowest BCUT2D eigenvalue weighted by Crippen LogP contribution is -2.16. The number of hydrogen-bond acceptors (Lipinski definition) is 6. The van der Waals surface area contributed by atoms with Gasteiger partial charge in [0.15, 0.2) is 23.0 Å². The average Bonchev–Trinajstić information content (AvgIpc) is 3.13.